The van der Waals surface area contributed by atoms with E-state index in [1.54, 1.807) is 24.3 Å². The van der Waals surface area contributed by atoms with Crippen LogP contribution in [0, 0.1) is 5.82 Å². The van der Waals surface area contributed by atoms with Gasteiger partial charge < -0.3 is 14.7 Å². The molecule has 4 nitrogen and oxygen atoms in total. The van der Waals surface area contributed by atoms with Gasteiger partial charge in [-0.2, -0.15) is 0 Å². The molecule has 20 heavy (non-hydrogen) atoms. The maximum atomic E-state index is 13.9. The average molecular weight is 272 g/mol. The molecule has 0 aliphatic rings. The Morgan fingerprint density at radius 2 is 2.00 bits per heavy atom. The van der Waals surface area contributed by atoms with Crippen molar-refractivity contribution < 1.29 is 13.3 Å². The van der Waals surface area contributed by atoms with Gasteiger partial charge in [0.15, 0.2) is 11.6 Å². The Labute approximate surface area is 115 Å². The number of hydrogen-bond donors (Lipinski definition) is 1. The first-order chi connectivity index (χ1) is 9.70. The molecule has 0 aliphatic carbocycles. The van der Waals surface area contributed by atoms with Gasteiger partial charge in [0, 0.05) is 12.0 Å². The number of anilines is 1. The van der Waals surface area contributed by atoms with E-state index in [-0.39, 0.29) is 11.6 Å². The van der Waals surface area contributed by atoms with Crippen molar-refractivity contribution in [3.05, 3.63) is 48.0 Å². The highest BCUT2D eigenvalue weighted by Gasteiger charge is 2.22. The van der Waals surface area contributed by atoms with Crippen LogP contribution in [0.5, 0.6) is 0 Å². The Balaban J connectivity index is 2.17. The van der Waals surface area contributed by atoms with E-state index in [0.29, 0.717) is 22.6 Å². The fourth-order valence-electron chi connectivity index (χ4n) is 2.08. The van der Waals surface area contributed by atoms with Crippen molar-refractivity contribution in [3.8, 4) is 22.6 Å². The minimum Gasteiger partial charge on any atom is -0.458 e. The van der Waals surface area contributed by atoms with Gasteiger partial charge in [-0.15, -0.1) is 0 Å². The standard InChI is InChI=1S/C15H13FN2O2/c1-2-9-7-8-12(19-9)14-13(15(17)18-20-14)10-5-3-4-6-11(10)16/h3-8H,2H2,1H3,(H2,17,18). The molecule has 0 amide bonds. The fourth-order valence-corrected chi connectivity index (χ4v) is 2.08. The van der Waals surface area contributed by atoms with Crippen LogP contribution in [-0.2, 0) is 6.42 Å². The third-order valence-corrected chi connectivity index (χ3v) is 3.10. The molecule has 0 fully saturated rings. The molecule has 0 aliphatic heterocycles. The van der Waals surface area contributed by atoms with Gasteiger partial charge in [-0.25, -0.2) is 4.39 Å². The molecule has 102 valence electrons. The largest absolute Gasteiger partial charge is 0.458 e. The molecular formula is C15H13FN2O2. The zero-order valence-electron chi connectivity index (χ0n) is 10.9. The lowest BCUT2D eigenvalue weighted by Gasteiger charge is -2.02. The molecule has 0 saturated heterocycles. The van der Waals surface area contributed by atoms with Crippen LogP contribution in [0.15, 0.2) is 45.3 Å². The van der Waals surface area contributed by atoms with Gasteiger partial charge in [0.25, 0.3) is 0 Å². The number of nitrogens with zero attached hydrogens (tertiary/aromatic N) is 1. The molecular weight excluding hydrogens is 259 g/mol. The van der Waals surface area contributed by atoms with Gasteiger partial charge in [0.05, 0.1) is 5.56 Å². The summed E-state index contributed by atoms with van der Waals surface area (Å²) in [6.07, 6.45) is 0.763. The van der Waals surface area contributed by atoms with Gasteiger partial charge in [-0.05, 0) is 18.2 Å². The number of halogens is 1. The van der Waals surface area contributed by atoms with Crippen LogP contribution in [0.3, 0.4) is 0 Å². The summed E-state index contributed by atoms with van der Waals surface area (Å²) < 4.78 is 24.8. The molecule has 3 aromatic rings. The van der Waals surface area contributed by atoms with Crippen LogP contribution in [0.1, 0.15) is 12.7 Å². The quantitative estimate of drug-likeness (QED) is 0.785. The van der Waals surface area contributed by atoms with Crippen LogP contribution in [0.2, 0.25) is 0 Å². The minimum absolute atomic E-state index is 0.138. The lowest BCUT2D eigenvalue weighted by molar-refractivity contribution is 0.416. The van der Waals surface area contributed by atoms with E-state index < -0.39 is 0 Å². The third-order valence-electron chi connectivity index (χ3n) is 3.10. The molecule has 0 unspecified atom stereocenters. The van der Waals surface area contributed by atoms with E-state index in [0.717, 1.165) is 12.2 Å². The van der Waals surface area contributed by atoms with Crippen molar-refractivity contribution in [2.75, 3.05) is 5.73 Å². The first kappa shape index (κ1) is 12.5. The molecule has 0 atom stereocenters. The summed E-state index contributed by atoms with van der Waals surface area (Å²) in [7, 11) is 0. The van der Waals surface area contributed by atoms with Crippen molar-refractivity contribution in [3.63, 3.8) is 0 Å². The number of hydrogen-bond acceptors (Lipinski definition) is 4. The van der Waals surface area contributed by atoms with Crippen LogP contribution in [0.25, 0.3) is 22.6 Å². The first-order valence-corrected chi connectivity index (χ1v) is 6.29. The molecule has 2 aromatic heterocycles. The zero-order chi connectivity index (χ0) is 14.1. The van der Waals surface area contributed by atoms with Crippen LogP contribution in [-0.4, -0.2) is 5.16 Å². The van der Waals surface area contributed by atoms with E-state index in [1.807, 2.05) is 13.0 Å². The van der Waals surface area contributed by atoms with E-state index in [9.17, 15) is 4.39 Å². The summed E-state index contributed by atoms with van der Waals surface area (Å²) >= 11 is 0. The van der Waals surface area contributed by atoms with E-state index in [2.05, 4.69) is 5.16 Å². The number of aromatic nitrogens is 1. The van der Waals surface area contributed by atoms with E-state index in [1.165, 1.54) is 6.07 Å². The van der Waals surface area contributed by atoms with Crippen molar-refractivity contribution >= 4 is 5.82 Å². The second-order valence-corrected chi connectivity index (χ2v) is 4.37. The summed E-state index contributed by atoms with van der Waals surface area (Å²) in [5, 5.41) is 3.72. The predicted molar refractivity (Wildman–Crippen MR) is 73.4 cm³/mol. The highest BCUT2D eigenvalue weighted by atomic mass is 19.1. The molecule has 0 bridgehead atoms. The van der Waals surface area contributed by atoms with Gasteiger partial charge >= 0.3 is 0 Å². The predicted octanol–water partition coefficient (Wildman–Crippen LogP) is 3.89. The van der Waals surface area contributed by atoms with Crippen molar-refractivity contribution in [2.24, 2.45) is 0 Å². The molecule has 1 aromatic carbocycles. The molecule has 0 spiro atoms. The number of rotatable bonds is 3. The normalized spacial score (nSPS) is 10.9. The number of nitrogens with two attached hydrogens (primary N) is 1. The average Bonchev–Trinajstić information content (AvgIpc) is 3.06. The maximum Gasteiger partial charge on any atom is 0.212 e. The summed E-state index contributed by atoms with van der Waals surface area (Å²) in [4.78, 5) is 0. The second-order valence-electron chi connectivity index (χ2n) is 4.37. The lowest BCUT2D eigenvalue weighted by atomic mass is 10.0. The van der Waals surface area contributed by atoms with Crippen molar-refractivity contribution in [1.29, 1.82) is 0 Å². The van der Waals surface area contributed by atoms with Gasteiger partial charge in [0.1, 0.15) is 11.6 Å². The zero-order valence-corrected chi connectivity index (χ0v) is 10.9. The Kier molecular flexibility index (Phi) is 3.02. The Morgan fingerprint density at radius 3 is 2.70 bits per heavy atom. The summed E-state index contributed by atoms with van der Waals surface area (Å²) in [5.74, 6) is 1.40. The minimum atomic E-state index is -0.383. The smallest absolute Gasteiger partial charge is 0.212 e. The van der Waals surface area contributed by atoms with Gasteiger partial charge in [-0.3, -0.25) is 0 Å². The van der Waals surface area contributed by atoms with E-state index >= 15 is 0 Å². The molecule has 2 N–H and O–H groups in total. The topological polar surface area (TPSA) is 65.2 Å². The Hall–Kier alpha value is -2.56. The third kappa shape index (κ3) is 1.97. The second kappa shape index (κ2) is 4.85. The molecule has 5 heteroatoms. The monoisotopic (exact) mass is 272 g/mol. The summed E-state index contributed by atoms with van der Waals surface area (Å²) in [5.41, 5.74) is 6.57. The van der Waals surface area contributed by atoms with E-state index in [4.69, 9.17) is 14.7 Å². The summed E-state index contributed by atoms with van der Waals surface area (Å²) in [6, 6.07) is 9.96. The fraction of sp³-hybridized carbons (Fsp3) is 0.133. The number of furan rings is 1. The number of aryl methyl sites for hydroxylation is 1. The van der Waals surface area contributed by atoms with Crippen molar-refractivity contribution in [2.45, 2.75) is 13.3 Å². The van der Waals surface area contributed by atoms with Gasteiger partial charge in [0.2, 0.25) is 5.76 Å². The van der Waals surface area contributed by atoms with Crippen LogP contribution >= 0.6 is 0 Å². The first-order valence-electron chi connectivity index (χ1n) is 6.29. The molecule has 0 saturated carbocycles. The SMILES string of the molecule is CCc1ccc(-c2onc(N)c2-c2ccccc2F)o1. The Morgan fingerprint density at radius 1 is 1.20 bits per heavy atom. The molecule has 3 rings (SSSR count). The highest BCUT2D eigenvalue weighted by molar-refractivity contribution is 5.85. The van der Waals surface area contributed by atoms with Crippen molar-refractivity contribution in [1.82, 2.24) is 5.16 Å². The highest BCUT2D eigenvalue weighted by Crippen LogP contribution is 2.38. The van der Waals surface area contributed by atoms with Gasteiger partial charge in [-0.1, -0.05) is 30.3 Å². The summed E-state index contributed by atoms with van der Waals surface area (Å²) in [6.45, 7) is 1.98. The number of nitrogen functional groups attached to an aromatic ring is 1. The van der Waals surface area contributed by atoms with Crippen LogP contribution < -0.4 is 5.73 Å². The molecule has 0 radical (unpaired) electrons. The maximum absolute atomic E-state index is 13.9. The number of benzene rings is 1. The lowest BCUT2D eigenvalue weighted by Crippen LogP contribution is -1.91. The molecule has 2 heterocycles. The Bertz CT molecular complexity index is 746. The van der Waals surface area contributed by atoms with Crippen LogP contribution in [0.4, 0.5) is 10.2 Å².